The van der Waals surface area contributed by atoms with E-state index in [1.807, 2.05) is 18.2 Å². The number of hydrogen-bond acceptors (Lipinski definition) is 4. The van der Waals surface area contributed by atoms with Crippen LogP contribution in [0, 0.1) is 6.92 Å². The Morgan fingerprint density at radius 1 is 1.26 bits per heavy atom. The molecule has 0 saturated carbocycles. The van der Waals surface area contributed by atoms with Crippen LogP contribution >= 0.6 is 0 Å². The van der Waals surface area contributed by atoms with E-state index in [4.69, 9.17) is 0 Å². The van der Waals surface area contributed by atoms with Gasteiger partial charge in [0.05, 0.1) is 5.69 Å². The zero-order valence-electron chi connectivity index (χ0n) is 10.8. The average Bonchev–Trinajstić information content (AvgIpc) is 2.72. The van der Waals surface area contributed by atoms with Crippen molar-refractivity contribution in [2.24, 2.45) is 0 Å². The number of para-hydroxylation sites is 1. The molecule has 1 amide bonds. The second-order valence-electron chi connectivity index (χ2n) is 4.15. The van der Waals surface area contributed by atoms with Crippen molar-refractivity contribution < 1.29 is 9.59 Å². The van der Waals surface area contributed by atoms with Crippen LogP contribution in [-0.4, -0.2) is 26.7 Å². The highest BCUT2D eigenvalue weighted by Gasteiger charge is 2.14. The summed E-state index contributed by atoms with van der Waals surface area (Å²) in [6.07, 6.45) is 0. The van der Waals surface area contributed by atoms with Crippen LogP contribution in [0.5, 0.6) is 0 Å². The lowest BCUT2D eigenvalue weighted by atomic mass is 10.2. The minimum Gasteiger partial charge on any atom is -0.324 e. The number of carbonyl (C=O) groups excluding carboxylic acids is 2. The Hall–Kier alpha value is -2.50. The molecule has 0 aliphatic heterocycles. The molecule has 0 bridgehead atoms. The molecule has 1 aromatic heterocycles. The highest BCUT2D eigenvalue weighted by atomic mass is 16.2. The highest BCUT2D eigenvalue weighted by Crippen LogP contribution is 2.07. The lowest BCUT2D eigenvalue weighted by molar-refractivity contribution is -0.117. The van der Waals surface area contributed by atoms with E-state index in [0.29, 0.717) is 11.4 Å². The maximum Gasteiger partial charge on any atom is 0.246 e. The number of nitrogens with zero attached hydrogens (tertiary/aromatic N) is 3. The molecule has 0 fully saturated rings. The number of anilines is 1. The van der Waals surface area contributed by atoms with Crippen LogP contribution < -0.4 is 5.32 Å². The van der Waals surface area contributed by atoms with Crippen LogP contribution in [0.15, 0.2) is 30.3 Å². The largest absolute Gasteiger partial charge is 0.324 e. The van der Waals surface area contributed by atoms with Gasteiger partial charge in [0.1, 0.15) is 6.54 Å². The van der Waals surface area contributed by atoms with E-state index >= 15 is 0 Å². The number of hydrogen-bond donors (Lipinski definition) is 1. The number of Topliss-reactive ketones (excluding diaryl/α,β-unsaturated/α-hetero) is 1. The van der Waals surface area contributed by atoms with Crippen LogP contribution in [0.25, 0.3) is 0 Å². The first-order valence-corrected chi connectivity index (χ1v) is 5.84. The molecule has 1 aromatic carbocycles. The standard InChI is InChI=1S/C13H14N4O2/c1-9-13(10(2)18)15-16-17(9)8-12(19)14-11-6-4-3-5-7-11/h3-7H,8H2,1-2H3,(H,14,19). The first-order valence-electron chi connectivity index (χ1n) is 5.84. The van der Waals surface area contributed by atoms with Gasteiger partial charge in [-0.15, -0.1) is 5.10 Å². The summed E-state index contributed by atoms with van der Waals surface area (Å²) >= 11 is 0. The highest BCUT2D eigenvalue weighted by molar-refractivity contribution is 5.93. The molecule has 6 heteroatoms. The number of carbonyl (C=O) groups is 2. The number of amides is 1. The molecule has 0 aliphatic carbocycles. The van der Waals surface area contributed by atoms with Crippen molar-refractivity contribution >= 4 is 17.4 Å². The summed E-state index contributed by atoms with van der Waals surface area (Å²) in [5.74, 6) is -0.374. The fourth-order valence-electron chi connectivity index (χ4n) is 1.69. The molecule has 0 spiro atoms. The quantitative estimate of drug-likeness (QED) is 0.841. The van der Waals surface area contributed by atoms with E-state index in [0.717, 1.165) is 5.69 Å². The minimum absolute atomic E-state index is 0.0288. The Morgan fingerprint density at radius 3 is 2.53 bits per heavy atom. The molecule has 0 atom stereocenters. The van der Waals surface area contributed by atoms with Crippen molar-refractivity contribution in [3.63, 3.8) is 0 Å². The van der Waals surface area contributed by atoms with Gasteiger partial charge in [-0.25, -0.2) is 4.68 Å². The van der Waals surface area contributed by atoms with Gasteiger partial charge in [-0.1, -0.05) is 23.4 Å². The number of aromatic nitrogens is 3. The van der Waals surface area contributed by atoms with Crippen LogP contribution in [0.4, 0.5) is 5.69 Å². The Morgan fingerprint density at radius 2 is 1.95 bits per heavy atom. The van der Waals surface area contributed by atoms with Gasteiger partial charge >= 0.3 is 0 Å². The molecule has 2 rings (SSSR count). The Labute approximate surface area is 110 Å². The lowest BCUT2D eigenvalue weighted by Crippen LogP contribution is -2.20. The van der Waals surface area contributed by atoms with Crippen molar-refractivity contribution in [2.45, 2.75) is 20.4 Å². The predicted octanol–water partition coefficient (Wildman–Crippen LogP) is 1.43. The molecule has 98 valence electrons. The zero-order chi connectivity index (χ0) is 13.8. The van der Waals surface area contributed by atoms with Crippen molar-refractivity contribution in [3.8, 4) is 0 Å². The van der Waals surface area contributed by atoms with E-state index in [2.05, 4.69) is 15.6 Å². The van der Waals surface area contributed by atoms with Crippen molar-refractivity contribution in [1.82, 2.24) is 15.0 Å². The average molecular weight is 258 g/mol. The summed E-state index contributed by atoms with van der Waals surface area (Å²) in [4.78, 5) is 23.1. The summed E-state index contributed by atoms with van der Waals surface area (Å²) in [6, 6.07) is 9.14. The van der Waals surface area contributed by atoms with Gasteiger partial charge in [0, 0.05) is 12.6 Å². The summed E-state index contributed by atoms with van der Waals surface area (Å²) in [5.41, 5.74) is 1.61. The van der Waals surface area contributed by atoms with Gasteiger partial charge in [-0.05, 0) is 19.1 Å². The van der Waals surface area contributed by atoms with Gasteiger partial charge in [0.15, 0.2) is 11.5 Å². The van der Waals surface area contributed by atoms with Crippen molar-refractivity contribution in [2.75, 3.05) is 5.32 Å². The van der Waals surface area contributed by atoms with Crippen LogP contribution in [0.2, 0.25) is 0 Å². The fraction of sp³-hybridized carbons (Fsp3) is 0.231. The van der Waals surface area contributed by atoms with E-state index in [9.17, 15) is 9.59 Å². The zero-order valence-corrected chi connectivity index (χ0v) is 10.8. The smallest absolute Gasteiger partial charge is 0.246 e. The Balaban J connectivity index is 2.05. The van der Waals surface area contributed by atoms with Gasteiger partial charge in [-0.3, -0.25) is 9.59 Å². The van der Waals surface area contributed by atoms with Crippen molar-refractivity contribution in [1.29, 1.82) is 0 Å². The summed E-state index contributed by atoms with van der Waals surface area (Å²) in [6.45, 7) is 3.17. The maximum atomic E-state index is 11.8. The van der Waals surface area contributed by atoms with E-state index in [1.165, 1.54) is 11.6 Å². The third-order valence-electron chi connectivity index (χ3n) is 2.67. The second kappa shape index (κ2) is 5.43. The topological polar surface area (TPSA) is 76.9 Å². The van der Waals surface area contributed by atoms with Gasteiger partial charge in [0.25, 0.3) is 0 Å². The molecule has 0 unspecified atom stereocenters. The summed E-state index contributed by atoms with van der Waals surface area (Å²) in [5, 5.41) is 10.3. The molecule has 1 heterocycles. The first-order chi connectivity index (χ1) is 9.08. The van der Waals surface area contributed by atoms with Crippen molar-refractivity contribution in [3.05, 3.63) is 41.7 Å². The number of ketones is 1. The lowest BCUT2D eigenvalue weighted by Gasteiger charge is -2.05. The van der Waals surface area contributed by atoms with Crippen LogP contribution in [0.3, 0.4) is 0 Å². The minimum atomic E-state index is -0.214. The normalized spacial score (nSPS) is 10.2. The molecular formula is C13H14N4O2. The first kappa shape index (κ1) is 12.9. The SMILES string of the molecule is CC(=O)c1nnn(CC(=O)Nc2ccccc2)c1C. The number of rotatable bonds is 4. The van der Waals surface area contributed by atoms with Crippen LogP contribution in [-0.2, 0) is 11.3 Å². The summed E-state index contributed by atoms with van der Waals surface area (Å²) in [7, 11) is 0. The van der Waals surface area contributed by atoms with Gasteiger partial charge < -0.3 is 5.32 Å². The molecule has 1 N–H and O–H groups in total. The molecule has 6 nitrogen and oxygen atoms in total. The Bertz CT molecular complexity index is 604. The van der Waals surface area contributed by atoms with E-state index in [-0.39, 0.29) is 18.2 Å². The van der Waals surface area contributed by atoms with Gasteiger partial charge in [-0.2, -0.15) is 0 Å². The molecule has 0 saturated heterocycles. The molecular weight excluding hydrogens is 244 g/mol. The number of benzene rings is 1. The maximum absolute atomic E-state index is 11.8. The van der Waals surface area contributed by atoms with E-state index in [1.54, 1.807) is 19.1 Å². The Kier molecular flexibility index (Phi) is 3.70. The van der Waals surface area contributed by atoms with Crippen LogP contribution in [0.1, 0.15) is 23.1 Å². The molecule has 2 aromatic rings. The second-order valence-corrected chi connectivity index (χ2v) is 4.15. The third-order valence-corrected chi connectivity index (χ3v) is 2.67. The summed E-state index contributed by atoms with van der Waals surface area (Å²) < 4.78 is 1.41. The monoisotopic (exact) mass is 258 g/mol. The molecule has 19 heavy (non-hydrogen) atoms. The van der Waals surface area contributed by atoms with Gasteiger partial charge in [0.2, 0.25) is 5.91 Å². The molecule has 0 aliphatic rings. The predicted molar refractivity (Wildman–Crippen MR) is 69.8 cm³/mol. The van der Waals surface area contributed by atoms with E-state index < -0.39 is 0 Å². The molecule has 0 radical (unpaired) electrons. The third kappa shape index (κ3) is 3.04. The fourth-order valence-corrected chi connectivity index (χ4v) is 1.69. The number of nitrogens with one attached hydrogen (secondary N) is 1.